The highest BCUT2D eigenvalue weighted by Gasteiger charge is 2.30. The Morgan fingerprint density at radius 1 is 1.24 bits per heavy atom. The first-order chi connectivity index (χ1) is 10.3. The standard InChI is InChI=1S/C17H25N3O/c18-8-11-19-9-3-6-16(12-19)17(21)20-10-7-14-4-1-2-5-15(14)13-20/h1-2,4-5,16H,3,6-13,18H2. The van der Waals surface area contributed by atoms with E-state index in [4.69, 9.17) is 5.73 Å². The third-order valence-corrected chi connectivity index (χ3v) is 4.74. The van der Waals surface area contributed by atoms with Crippen LogP contribution in [0.25, 0.3) is 0 Å². The van der Waals surface area contributed by atoms with Crippen molar-refractivity contribution in [1.29, 1.82) is 0 Å². The SMILES string of the molecule is NCCN1CCCC(C(=O)N2CCc3ccccc3C2)C1. The van der Waals surface area contributed by atoms with Crippen LogP contribution in [0.15, 0.2) is 24.3 Å². The topological polar surface area (TPSA) is 49.6 Å². The predicted octanol–water partition coefficient (Wildman–Crippen LogP) is 1.24. The molecule has 3 rings (SSSR count). The molecule has 4 nitrogen and oxygen atoms in total. The molecule has 1 atom stereocenters. The van der Waals surface area contributed by atoms with Gasteiger partial charge in [-0.05, 0) is 36.9 Å². The molecular formula is C17H25N3O. The fraction of sp³-hybridized carbons (Fsp3) is 0.588. The molecule has 2 aliphatic rings. The largest absolute Gasteiger partial charge is 0.338 e. The Labute approximate surface area is 126 Å². The van der Waals surface area contributed by atoms with Gasteiger partial charge in [0.1, 0.15) is 0 Å². The lowest BCUT2D eigenvalue weighted by Crippen LogP contribution is -2.47. The summed E-state index contributed by atoms with van der Waals surface area (Å²) in [5.41, 5.74) is 8.35. The van der Waals surface area contributed by atoms with Crippen LogP contribution in [-0.2, 0) is 17.8 Å². The molecule has 0 bridgehead atoms. The number of nitrogens with two attached hydrogens (primary N) is 1. The van der Waals surface area contributed by atoms with Gasteiger partial charge in [0.05, 0.1) is 5.92 Å². The van der Waals surface area contributed by atoms with Gasteiger partial charge in [0.2, 0.25) is 5.91 Å². The molecule has 0 saturated carbocycles. The van der Waals surface area contributed by atoms with Gasteiger partial charge in [0.15, 0.2) is 0 Å². The minimum atomic E-state index is 0.163. The number of hydrogen-bond donors (Lipinski definition) is 1. The lowest BCUT2D eigenvalue weighted by atomic mass is 9.94. The summed E-state index contributed by atoms with van der Waals surface area (Å²) in [6, 6.07) is 8.48. The number of likely N-dealkylation sites (tertiary alicyclic amines) is 1. The first-order valence-electron chi connectivity index (χ1n) is 8.06. The summed E-state index contributed by atoms with van der Waals surface area (Å²) < 4.78 is 0. The van der Waals surface area contributed by atoms with Crippen LogP contribution in [0.3, 0.4) is 0 Å². The van der Waals surface area contributed by atoms with Gasteiger partial charge in [-0.15, -0.1) is 0 Å². The Kier molecular flexibility index (Phi) is 4.56. The Hall–Kier alpha value is -1.39. The number of amides is 1. The molecule has 2 aliphatic heterocycles. The van der Waals surface area contributed by atoms with Crippen LogP contribution in [0.5, 0.6) is 0 Å². The maximum atomic E-state index is 12.8. The highest BCUT2D eigenvalue weighted by Crippen LogP contribution is 2.23. The first-order valence-corrected chi connectivity index (χ1v) is 8.06. The second kappa shape index (κ2) is 6.58. The molecule has 1 saturated heterocycles. The number of benzene rings is 1. The van der Waals surface area contributed by atoms with E-state index in [-0.39, 0.29) is 5.92 Å². The Balaban J connectivity index is 1.63. The second-order valence-corrected chi connectivity index (χ2v) is 6.21. The summed E-state index contributed by atoms with van der Waals surface area (Å²) >= 11 is 0. The maximum absolute atomic E-state index is 12.8. The van der Waals surface area contributed by atoms with Gasteiger partial charge < -0.3 is 15.5 Å². The number of nitrogens with zero attached hydrogens (tertiary/aromatic N) is 2. The van der Waals surface area contributed by atoms with E-state index in [2.05, 4.69) is 34.1 Å². The molecule has 2 N–H and O–H groups in total. The summed E-state index contributed by atoms with van der Waals surface area (Å²) in [7, 11) is 0. The molecule has 2 heterocycles. The Morgan fingerprint density at radius 2 is 2.05 bits per heavy atom. The number of carbonyl (C=O) groups is 1. The van der Waals surface area contributed by atoms with E-state index in [1.54, 1.807) is 0 Å². The third-order valence-electron chi connectivity index (χ3n) is 4.74. The van der Waals surface area contributed by atoms with E-state index in [0.717, 1.165) is 52.0 Å². The fourth-order valence-corrected chi connectivity index (χ4v) is 3.58. The van der Waals surface area contributed by atoms with Crippen molar-refractivity contribution in [3.8, 4) is 0 Å². The van der Waals surface area contributed by atoms with Crippen molar-refractivity contribution in [2.75, 3.05) is 32.7 Å². The minimum absolute atomic E-state index is 0.163. The first kappa shape index (κ1) is 14.5. The normalized spacial score (nSPS) is 22.9. The third kappa shape index (κ3) is 3.27. The van der Waals surface area contributed by atoms with Crippen LogP contribution in [0.4, 0.5) is 0 Å². The Bertz CT molecular complexity index is 501. The maximum Gasteiger partial charge on any atom is 0.227 e. The predicted molar refractivity (Wildman–Crippen MR) is 83.8 cm³/mol. The molecule has 0 aromatic heterocycles. The lowest BCUT2D eigenvalue weighted by Gasteiger charge is -2.36. The van der Waals surface area contributed by atoms with Crippen LogP contribution in [-0.4, -0.2) is 48.4 Å². The zero-order valence-electron chi connectivity index (χ0n) is 12.6. The van der Waals surface area contributed by atoms with E-state index in [0.29, 0.717) is 12.5 Å². The number of hydrogen-bond acceptors (Lipinski definition) is 3. The van der Waals surface area contributed by atoms with Gasteiger partial charge in [0.25, 0.3) is 0 Å². The van der Waals surface area contributed by atoms with Crippen LogP contribution in [0, 0.1) is 5.92 Å². The summed E-state index contributed by atoms with van der Waals surface area (Å²) in [4.78, 5) is 17.2. The van der Waals surface area contributed by atoms with E-state index >= 15 is 0 Å². The van der Waals surface area contributed by atoms with E-state index in [9.17, 15) is 4.79 Å². The zero-order chi connectivity index (χ0) is 14.7. The van der Waals surface area contributed by atoms with Crippen LogP contribution >= 0.6 is 0 Å². The number of rotatable bonds is 3. The smallest absolute Gasteiger partial charge is 0.227 e. The minimum Gasteiger partial charge on any atom is -0.338 e. The fourth-order valence-electron chi connectivity index (χ4n) is 3.58. The van der Waals surface area contributed by atoms with Gasteiger partial charge >= 0.3 is 0 Å². The van der Waals surface area contributed by atoms with Gasteiger partial charge in [-0.2, -0.15) is 0 Å². The molecule has 1 aromatic rings. The molecule has 1 fully saturated rings. The molecule has 21 heavy (non-hydrogen) atoms. The van der Waals surface area contributed by atoms with Crippen molar-refractivity contribution < 1.29 is 4.79 Å². The monoisotopic (exact) mass is 287 g/mol. The molecular weight excluding hydrogens is 262 g/mol. The molecule has 4 heteroatoms. The summed E-state index contributed by atoms with van der Waals surface area (Å²) in [6.07, 6.45) is 3.13. The molecule has 1 amide bonds. The quantitative estimate of drug-likeness (QED) is 0.910. The van der Waals surface area contributed by atoms with E-state index in [1.807, 2.05) is 0 Å². The molecule has 1 aromatic carbocycles. The summed E-state index contributed by atoms with van der Waals surface area (Å²) in [5.74, 6) is 0.502. The summed E-state index contributed by atoms with van der Waals surface area (Å²) in [5, 5.41) is 0. The number of carbonyl (C=O) groups excluding carboxylic acids is 1. The van der Waals surface area contributed by atoms with Crippen molar-refractivity contribution in [3.63, 3.8) is 0 Å². The van der Waals surface area contributed by atoms with Crippen LogP contribution in [0.2, 0.25) is 0 Å². The average molecular weight is 287 g/mol. The lowest BCUT2D eigenvalue weighted by molar-refractivity contribution is -0.138. The van der Waals surface area contributed by atoms with E-state index < -0.39 is 0 Å². The Morgan fingerprint density at radius 3 is 2.86 bits per heavy atom. The second-order valence-electron chi connectivity index (χ2n) is 6.21. The van der Waals surface area contributed by atoms with Crippen molar-refractivity contribution >= 4 is 5.91 Å². The van der Waals surface area contributed by atoms with Crippen LogP contribution in [0.1, 0.15) is 24.0 Å². The highest BCUT2D eigenvalue weighted by molar-refractivity contribution is 5.79. The van der Waals surface area contributed by atoms with Crippen molar-refractivity contribution in [2.24, 2.45) is 11.7 Å². The van der Waals surface area contributed by atoms with Crippen LogP contribution < -0.4 is 5.73 Å². The molecule has 0 spiro atoms. The molecule has 1 unspecified atom stereocenters. The summed E-state index contributed by atoms with van der Waals surface area (Å²) in [6.45, 7) is 5.20. The van der Waals surface area contributed by atoms with Gasteiger partial charge in [-0.25, -0.2) is 0 Å². The van der Waals surface area contributed by atoms with Crippen molar-refractivity contribution in [1.82, 2.24) is 9.80 Å². The number of piperidine rings is 1. The van der Waals surface area contributed by atoms with Gasteiger partial charge in [-0.1, -0.05) is 24.3 Å². The average Bonchev–Trinajstić information content (AvgIpc) is 2.54. The van der Waals surface area contributed by atoms with Crippen molar-refractivity contribution in [2.45, 2.75) is 25.8 Å². The van der Waals surface area contributed by atoms with E-state index in [1.165, 1.54) is 11.1 Å². The zero-order valence-corrected chi connectivity index (χ0v) is 12.6. The molecule has 0 radical (unpaired) electrons. The van der Waals surface area contributed by atoms with Crippen molar-refractivity contribution in [3.05, 3.63) is 35.4 Å². The molecule has 0 aliphatic carbocycles. The van der Waals surface area contributed by atoms with Gasteiger partial charge in [0, 0.05) is 32.7 Å². The highest BCUT2D eigenvalue weighted by atomic mass is 16.2. The van der Waals surface area contributed by atoms with Gasteiger partial charge in [-0.3, -0.25) is 4.79 Å². The molecule has 114 valence electrons. The number of fused-ring (bicyclic) bond motifs is 1.